The Morgan fingerprint density at radius 3 is 2.57 bits per heavy atom. The van der Waals surface area contributed by atoms with Crippen LogP contribution in [-0.4, -0.2) is 17.7 Å². The second kappa shape index (κ2) is 7.22. The van der Waals surface area contributed by atoms with E-state index in [1.54, 1.807) is 0 Å². The molecule has 0 saturated heterocycles. The quantitative estimate of drug-likeness (QED) is 0.788. The molecule has 1 N–H and O–H groups in total. The zero-order valence-corrected chi connectivity index (χ0v) is 12.8. The van der Waals surface area contributed by atoms with E-state index in [-0.39, 0.29) is 15.8 Å². The number of ether oxygens (including phenoxy) is 1. The monoisotopic (exact) mass is 352 g/mol. The van der Waals surface area contributed by atoms with E-state index in [0.717, 1.165) is 12.8 Å². The van der Waals surface area contributed by atoms with Gasteiger partial charge < -0.3 is 9.84 Å². The van der Waals surface area contributed by atoms with Crippen molar-refractivity contribution in [3.8, 4) is 5.75 Å². The molecule has 5 heteroatoms. The van der Waals surface area contributed by atoms with Crippen LogP contribution in [0.25, 0.3) is 0 Å². The minimum atomic E-state index is -1.18. The summed E-state index contributed by atoms with van der Waals surface area (Å²) in [6.45, 7) is 0.366. The Bertz CT molecular complexity index is 629. The van der Waals surface area contributed by atoms with Crippen molar-refractivity contribution in [3.63, 3.8) is 0 Å². The van der Waals surface area contributed by atoms with Crippen LogP contribution in [-0.2, 0) is 6.42 Å². The number of hydrogen-bond donors (Lipinski definition) is 1. The molecule has 0 unspecified atom stereocenters. The highest BCUT2D eigenvalue weighted by Gasteiger charge is 2.16. The summed E-state index contributed by atoms with van der Waals surface area (Å²) in [5.74, 6) is -1.81. The van der Waals surface area contributed by atoms with Gasteiger partial charge in [-0.3, -0.25) is 0 Å². The first kappa shape index (κ1) is 15.5. The molecule has 0 atom stereocenters. The molecule has 0 fully saturated rings. The van der Waals surface area contributed by atoms with Crippen LogP contribution in [0, 0.1) is 5.82 Å². The molecule has 110 valence electrons. The van der Waals surface area contributed by atoms with Gasteiger partial charge in [0.15, 0.2) is 11.6 Å². The van der Waals surface area contributed by atoms with Crippen LogP contribution in [0.3, 0.4) is 0 Å². The second-order valence-electron chi connectivity index (χ2n) is 4.48. The first-order valence-electron chi connectivity index (χ1n) is 6.47. The molecule has 0 heterocycles. The standard InChI is InChI=1S/C16H14BrFO3/c17-14-12(16(19)20)8-9-13(15(14)18)21-10-4-7-11-5-2-1-3-6-11/h1-3,5-6,8-9H,4,7,10H2,(H,19,20). The number of rotatable bonds is 6. The Morgan fingerprint density at radius 2 is 1.90 bits per heavy atom. The van der Waals surface area contributed by atoms with Crippen LogP contribution in [0.1, 0.15) is 22.3 Å². The van der Waals surface area contributed by atoms with Crippen LogP contribution in [0.15, 0.2) is 46.9 Å². The fraction of sp³-hybridized carbons (Fsp3) is 0.188. The fourth-order valence-corrected chi connectivity index (χ4v) is 2.41. The SMILES string of the molecule is O=C(O)c1ccc(OCCCc2ccccc2)c(F)c1Br. The normalized spacial score (nSPS) is 10.4. The number of hydrogen-bond acceptors (Lipinski definition) is 2. The van der Waals surface area contributed by atoms with Gasteiger partial charge in [-0.05, 0) is 46.5 Å². The van der Waals surface area contributed by atoms with Crippen molar-refractivity contribution in [3.05, 3.63) is 63.9 Å². The van der Waals surface area contributed by atoms with E-state index >= 15 is 0 Å². The van der Waals surface area contributed by atoms with Gasteiger partial charge in [0.1, 0.15) is 0 Å². The average molecular weight is 353 g/mol. The molecule has 0 aliphatic heterocycles. The number of aryl methyl sites for hydroxylation is 1. The average Bonchev–Trinajstić information content (AvgIpc) is 2.48. The summed E-state index contributed by atoms with van der Waals surface area (Å²) in [7, 11) is 0. The first-order chi connectivity index (χ1) is 10.1. The summed E-state index contributed by atoms with van der Waals surface area (Å²) < 4.78 is 19.2. The van der Waals surface area contributed by atoms with Gasteiger partial charge in [0.05, 0.1) is 16.6 Å². The lowest BCUT2D eigenvalue weighted by Crippen LogP contribution is -2.04. The third-order valence-corrected chi connectivity index (χ3v) is 3.76. The molecule has 0 aromatic heterocycles. The Hall–Kier alpha value is -1.88. The highest BCUT2D eigenvalue weighted by Crippen LogP contribution is 2.28. The lowest BCUT2D eigenvalue weighted by molar-refractivity contribution is 0.0695. The van der Waals surface area contributed by atoms with E-state index in [9.17, 15) is 9.18 Å². The summed E-state index contributed by atoms with van der Waals surface area (Å²) >= 11 is 2.94. The van der Waals surface area contributed by atoms with Crippen molar-refractivity contribution in [1.29, 1.82) is 0 Å². The first-order valence-corrected chi connectivity index (χ1v) is 7.27. The van der Waals surface area contributed by atoms with Gasteiger partial charge in [-0.15, -0.1) is 0 Å². The smallest absolute Gasteiger partial charge is 0.336 e. The van der Waals surface area contributed by atoms with Crippen molar-refractivity contribution in [2.75, 3.05) is 6.61 Å². The number of aromatic carboxylic acids is 1. The third-order valence-electron chi connectivity index (χ3n) is 2.99. The fourth-order valence-electron chi connectivity index (χ4n) is 1.91. The third kappa shape index (κ3) is 4.04. The van der Waals surface area contributed by atoms with Gasteiger partial charge in [-0.1, -0.05) is 30.3 Å². The Balaban J connectivity index is 1.92. The van der Waals surface area contributed by atoms with Crippen molar-refractivity contribution in [2.45, 2.75) is 12.8 Å². The zero-order valence-electron chi connectivity index (χ0n) is 11.2. The predicted octanol–water partition coefficient (Wildman–Crippen LogP) is 4.30. The van der Waals surface area contributed by atoms with Gasteiger partial charge in [-0.25, -0.2) is 9.18 Å². The van der Waals surface area contributed by atoms with Gasteiger partial charge in [0.25, 0.3) is 0 Å². The van der Waals surface area contributed by atoms with Gasteiger partial charge in [0, 0.05) is 0 Å². The number of carboxylic acids is 1. The maximum atomic E-state index is 13.9. The zero-order chi connectivity index (χ0) is 15.2. The largest absolute Gasteiger partial charge is 0.490 e. The van der Waals surface area contributed by atoms with Crippen LogP contribution in [0.2, 0.25) is 0 Å². The van der Waals surface area contributed by atoms with E-state index in [1.165, 1.54) is 17.7 Å². The van der Waals surface area contributed by atoms with Crippen molar-refractivity contribution in [1.82, 2.24) is 0 Å². The van der Waals surface area contributed by atoms with Crippen LogP contribution in [0.4, 0.5) is 4.39 Å². The molecule has 3 nitrogen and oxygen atoms in total. The summed E-state index contributed by atoms with van der Waals surface area (Å²) in [5.41, 5.74) is 1.08. The van der Waals surface area contributed by atoms with Crippen LogP contribution < -0.4 is 4.74 Å². The molecule has 0 aliphatic carbocycles. The number of benzene rings is 2. The molecule has 0 aliphatic rings. The van der Waals surface area contributed by atoms with E-state index in [2.05, 4.69) is 15.9 Å². The van der Waals surface area contributed by atoms with Crippen molar-refractivity contribution in [2.24, 2.45) is 0 Å². The predicted molar refractivity (Wildman–Crippen MR) is 81.3 cm³/mol. The Morgan fingerprint density at radius 1 is 1.19 bits per heavy atom. The highest BCUT2D eigenvalue weighted by molar-refractivity contribution is 9.10. The topological polar surface area (TPSA) is 46.5 Å². The minimum absolute atomic E-state index is 0.0555. The lowest BCUT2D eigenvalue weighted by Gasteiger charge is -2.09. The molecule has 0 bridgehead atoms. The molecule has 2 rings (SSSR count). The lowest BCUT2D eigenvalue weighted by atomic mass is 10.1. The molecule has 2 aromatic carbocycles. The molecule has 0 saturated carbocycles. The highest BCUT2D eigenvalue weighted by atomic mass is 79.9. The summed E-state index contributed by atoms with van der Waals surface area (Å²) in [5, 5.41) is 8.88. The van der Waals surface area contributed by atoms with Gasteiger partial charge in [-0.2, -0.15) is 0 Å². The Kier molecular flexibility index (Phi) is 5.33. The summed E-state index contributed by atoms with van der Waals surface area (Å²) in [6.07, 6.45) is 1.60. The number of carboxylic acid groups (broad SMARTS) is 1. The Labute approximate surface area is 130 Å². The molecule has 2 aromatic rings. The van der Waals surface area contributed by atoms with Crippen molar-refractivity contribution >= 4 is 21.9 Å². The summed E-state index contributed by atoms with van der Waals surface area (Å²) in [6, 6.07) is 12.6. The van der Waals surface area contributed by atoms with Crippen molar-refractivity contribution < 1.29 is 19.0 Å². The molecular weight excluding hydrogens is 339 g/mol. The molecule has 0 amide bonds. The van der Waals surface area contributed by atoms with Crippen LogP contribution in [0.5, 0.6) is 5.75 Å². The van der Waals surface area contributed by atoms with Gasteiger partial charge >= 0.3 is 5.97 Å². The molecular formula is C16H14BrFO3. The minimum Gasteiger partial charge on any atom is -0.490 e. The van der Waals surface area contributed by atoms with E-state index in [4.69, 9.17) is 9.84 Å². The molecule has 0 radical (unpaired) electrons. The maximum Gasteiger partial charge on any atom is 0.336 e. The summed E-state index contributed by atoms with van der Waals surface area (Å²) in [4.78, 5) is 10.9. The van der Waals surface area contributed by atoms with E-state index < -0.39 is 11.8 Å². The molecule has 21 heavy (non-hydrogen) atoms. The number of halogens is 2. The van der Waals surface area contributed by atoms with E-state index in [0.29, 0.717) is 6.61 Å². The molecule has 0 spiro atoms. The number of carbonyl (C=O) groups is 1. The van der Waals surface area contributed by atoms with Gasteiger partial charge in [0.2, 0.25) is 0 Å². The van der Waals surface area contributed by atoms with Crippen LogP contribution >= 0.6 is 15.9 Å². The van der Waals surface area contributed by atoms with E-state index in [1.807, 2.05) is 30.3 Å². The maximum absolute atomic E-state index is 13.9. The second-order valence-corrected chi connectivity index (χ2v) is 5.27.